The topological polar surface area (TPSA) is 72.7 Å². The quantitative estimate of drug-likeness (QED) is 0.921. The van der Waals surface area contributed by atoms with E-state index in [4.69, 9.17) is 0 Å². The molecule has 0 aliphatic heterocycles. The number of hydrogen-bond acceptors (Lipinski definition) is 5. The fraction of sp³-hybridized carbons (Fsp3) is 0.571. The molecule has 0 aliphatic carbocycles. The Hall–Kier alpha value is -1.76. The van der Waals surface area contributed by atoms with Gasteiger partial charge in [-0.25, -0.2) is 0 Å². The van der Waals surface area contributed by atoms with Crippen LogP contribution in [0.3, 0.4) is 0 Å². The van der Waals surface area contributed by atoms with E-state index in [1.54, 1.807) is 0 Å². The number of nitrogens with one attached hydrogen (secondary N) is 1. The van der Waals surface area contributed by atoms with Gasteiger partial charge in [-0.1, -0.05) is 25.2 Å². The number of aryl methyl sites for hydroxylation is 2. The van der Waals surface area contributed by atoms with Crippen molar-refractivity contribution in [2.45, 2.75) is 46.5 Å². The van der Waals surface area contributed by atoms with E-state index >= 15 is 0 Å². The van der Waals surface area contributed by atoms with Gasteiger partial charge in [-0.15, -0.1) is 10.2 Å². The SMILES string of the molecule is Cc1nn(C)c(C)c1CCC(=O)Nc1nnc(C(C)C)s1. The smallest absolute Gasteiger partial charge is 0.226 e. The summed E-state index contributed by atoms with van der Waals surface area (Å²) in [7, 11) is 1.92. The first-order chi connectivity index (χ1) is 9.88. The van der Waals surface area contributed by atoms with Gasteiger partial charge in [-0.2, -0.15) is 5.10 Å². The average Bonchev–Trinajstić information content (AvgIpc) is 2.95. The van der Waals surface area contributed by atoms with Crippen LogP contribution in [0.25, 0.3) is 0 Å². The number of aromatic nitrogens is 4. The molecule has 7 heteroatoms. The predicted molar refractivity (Wildman–Crippen MR) is 83.6 cm³/mol. The molecule has 2 heterocycles. The zero-order valence-electron chi connectivity index (χ0n) is 13.1. The second-order valence-electron chi connectivity index (χ2n) is 5.42. The third-order valence-corrected chi connectivity index (χ3v) is 4.58. The molecule has 0 aromatic carbocycles. The number of amides is 1. The van der Waals surface area contributed by atoms with Crippen LogP contribution in [0.1, 0.15) is 48.1 Å². The van der Waals surface area contributed by atoms with Gasteiger partial charge in [-0.05, 0) is 25.8 Å². The van der Waals surface area contributed by atoms with E-state index in [9.17, 15) is 4.79 Å². The molecule has 0 saturated carbocycles. The van der Waals surface area contributed by atoms with Gasteiger partial charge in [0.05, 0.1) is 5.69 Å². The maximum absolute atomic E-state index is 12.0. The van der Waals surface area contributed by atoms with E-state index < -0.39 is 0 Å². The van der Waals surface area contributed by atoms with Crippen LogP contribution < -0.4 is 5.32 Å². The normalized spacial score (nSPS) is 11.1. The van der Waals surface area contributed by atoms with Crippen molar-refractivity contribution >= 4 is 22.4 Å². The zero-order chi connectivity index (χ0) is 15.6. The Morgan fingerprint density at radius 1 is 1.33 bits per heavy atom. The Morgan fingerprint density at radius 2 is 2.05 bits per heavy atom. The van der Waals surface area contributed by atoms with E-state index in [-0.39, 0.29) is 5.91 Å². The number of rotatable bonds is 5. The molecular weight excluding hydrogens is 286 g/mol. The Morgan fingerprint density at radius 3 is 2.57 bits per heavy atom. The molecule has 1 N–H and O–H groups in total. The third-order valence-electron chi connectivity index (χ3n) is 3.44. The minimum Gasteiger partial charge on any atom is -0.301 e. The maximum atomic E-state index is 12.0. The molecule has 6 nitrogen and oxygen atoms in total. The van der Waals surface area contributed by atoms with Crippen LogP contribution in [0.5, 0.6) is 0 Å². The molecule has 0 radical (unpaired) electrons. The van der Waals surface area contributed by atoms with Gasteiger partial charge in [0.15, 0.2) is 0 Å². The fourth-order valence-electron chi connectivity index (χ4n) is 2.12. The van der Waals surface area contributed by atoms with Crippen LogP contribution in [0, 0.1) is 13.8 Å². The van der Waals surface area contributed by atoms with Crippen molar-refractivity contribution in [3.8, 4) is 0 Å². The summed E-state index contributed by atoms with van der Waals surface area (Å²) < 4.78 is 1.85. The third kappa shape index (κ3) is 3.66. The van der Waals surface area contributed by atoms with E-state index in [1.165, 1.54) is 11.3 Å². The average molecular weight is 307 g/mol. The standard InChI is InChI=1S/C14H21N5OS/c1-8(2)13-16-17-14(21-13)15-12(20)7-6-11-9(3)18-19(5)10(11)4/h8H,6-7H2,1-5H3,(H,15,17,20). The van der Waals surface area contributed by atoms with Gasteiger partial charge >= 0.3 is 0 Å². The molecule has 0 unspecified atom stereocenters. The molecule has 2 aromatic rings. The lowest BCUT2D eigenvalue weighted by Gasteiger charge is -2.02. The summed E-state index contributed by atoms with van der Waals surface area (Å²) in [6.45, 7) is 8.10. The number of carbonyl (C=O) groups excluding carboxylic acids is 1. The molecule has 1 amide bonds. The van der Waals surface area contributed by atoms with Gasteiger partial charge < -0.3 is 5.32 Å². The Balaban J connectivity index is 1.92. The number of carbonyl (C=O) groups is 1. The monoisotopic (exact) mass is 307 g/mol. The summed E-state index contributed by atoms with van der Waals surface area (Å²) in [6, 6.07) is 0. The summed E-state index contributed by atoms with van der Waals surface area (Å²) in [5.41, 5.74) is 3.24. The molecule has 0 aliphatic rings. The molecular formula is C14H21N5OS. The van der Waals surface area contributed by atoms with E-state index in [0.717, 1.165) is 22.0 Å². The van der Waals surface area contributed by atoms with E-state index in [2.05, 4.69) is 34.5 Å². The molecule has 0 spiro atoms. The van der Waals surface area contributed by atoms with Crippen LogP contribution in [0.4, 0.5) is 5.13 Å². The van der Waals surface area contributed by atoms with Gasteiger partial charge in [0.1, 0.15) is 5.01 Å². The van der Waals surface area contributed by atoms with Crippen LogP contribution >= 0.6 is 11.3 Å². The lowest BCUT2D eigenvalue weighted by Crippen LogP contribution is -2.12. The Kier molecular flexibility index (Phi) is 4.72. The van der Waals surface area contributed by atoms with Crippen molar-refractivity contribution in [2.24, 2.45) is 7.05 Å². The van der Waals surface area contributed by atoms with Crippen molar-refractivity contribution in [2.75, 3.05) is 5.32 Å². The van der Waals surface area contributed by atoms with Crippen molar-refractivity contribution in [1.82, 2.24) is 20.0 Å². The first-order valence-corrected chi connectivity index (χ1v) is 7.82. The molecule has 0 atom stereocenters. The lowest BCUT2D eigenvalue weighted by atomic mass is 10.1. The second-order valence-corrected chi connectivity index (χ2v) is 6.43. The number of nitrogens with zero attached hydrogens (tertiary/aromatic N) is 4. The van der Waals surface area contributed by atoms with Crippen molar-refractivity contribution in [3.63, 3.8) is 0 Å². The summed E-state index contributed by atoms with van der Waals surface area (Å²) in [6.07, 6.45) is 1.11. The first-order valence-electron chi connectivity index (χ1n) is 7.00. The fourth-order valence-corrected chi connectivity index (χ4v) is 2.88. The highest BCUT2D eigenvalue weighted by Gasteiger charge is 2.13. The van der Waals surface area contributed by atoms with Gasteiger partial charge in [-0.3, -0.25) is 9.48 Å². The van der Waals surface area contributed by atoms with E-state index in [0.29, 0.717) is 23.9 Å². The lowest BCUT2D eigenvalue weighted by molar-refractivity contribution is -0.116. The molecule has 21 heavy (non-hydrogen) atoms. The molecule has 2 aromatic heterocycles. The first kappa shape index (κ1) is 15.6. The highest BCUT2D eigenvalue weighted by atomic mass is 32.1. The summed E-state index contributed by atoms with van der Waals surface area (Å²) >= 11 is 1.43. The maximum Gasteiger partial charge on any atom is 0.226 e. The highest BCUT2D eigenvalue weighted by Crippen LogP contribution is 2.22. The Bertz CT molecular complexity index is 644. The number of anilines is 1. The molecule has 0 bridgehead atoms. The largest absolute Gasteiger partial charge is 0.301 e. The summed E-state index contributed by atoms with van der Waals surface area (Å²) in [5, 5.41) is 16.7. The van der Waals surface area contributed by atoms with Gasteiger partial charge in [0.25, 0.3) is 0 Å². The van der Waals surface area contributed by atoms with Crippen LogP contribution in [0.15, 0.2) is 0 Å². The zero-order valence-corrected chi connectivity index (χ0v) is 13.9. The summed E-state index contributed by atoms with van der Waals surface area (Å²) in [5.74, 6) is 0.290. The van der Waals surface area contributed by atoms with Crippen molar-refractivity contribution in [1.29, 1.82) is 0 Å². The van der Waals surface area contributed by atoms with Gasteiger partial charge in [0.2, 0.25) is 11.0 Å². The van der Waals surface area contributed by atoms with Gasteiger partial charge in [0, 0.05) is 25.1 Å². The number of hydrogen-bond donors (Lipinski definition) is 1. The van der Waals surface area contributed by atoms with Crippen molar-refractivity contribution in [3.05, 3.63) is 22.0 Å². The minimum absolute atomic E-state index is 0.0379. The molecule has 0 saturated heterocycles. The van der Waals surface area contributed by atoms with Crippen LogP contribution in [-0.4, -0.2) is 25.9 Å². The van der Waals surface area contributed by atoms with Crippen LogP contribution in [-0.2, 0) is 18.3 Å². The predicted octanol–water partition coefficient (Wildman–Crippen LogP) is 2.58. The Labute approximate surface area is 128 Å². The highest BCUT2D eigenvalue weighted by molar-refractivity contribution is 7.15. The summed E-state index contributed by atoms with van der Waals surface area (Å²) in [4.78, 5) is 12.0. The van der Waals surface area contributed by atoms with Crippen molar-refractivity contribution < 1.29 is 4.79 Å². The molecule has 2 rings (SSSR count). The van der Waals surface area contributed by atoms with Crippen LogP contribution in [0.2, 0.25) is 0 Å². The molecule has 114 valence electrons. The second kappa shape index (κ2) is 6.34. The minimum atomic E-state index is -0.0379. The van der Waals surface area contributed by atoms with E-state index in [1.807, 2.05) is 25.6 Å². The molecule has 0 fully saturated rings.